The molecular formula is C19H25NOS. The number of rotatable bonds is 10. The quantitative estimate of drug-likeness (QED) is 0.502. The SMILES string of the molecule is OCc1cccnc1SCCCCCCCc1ccccc1. The van der Waals surface area contributed by atoms with E-state index in [9.17, 15) is 5.11 Å². The average molecular weight is 315 g/mol. The van der Waals surface area contributed by atoms with Gasteiger partial charge in [0, 0.05) is 11.8 Å². The Hall–Kier alpha value is -1.32. The minimum Gasteiger partial charge on any atom is -0.392 e. The molecule has 3 heteroatoms. The van der Waals surface area contributed by atoms with Gasteiger partial charge < -0.3 is 5.11 Å². The van der Waals surface area contributed by atoms with Crippen molar-refractivity contribution in [2.24, 2.45) is 0 Å². The van der Waals surface area contributed by atoms with Crippen molar-refractivity contribution < 1.29 is 5.11 Å². The minimum atomic E-state index is 0.0790. The van der Waals surface area contributed by atoms with Crippen LogP contribution in [0.5, 0.6) is 0 Å². The number of aromatic nitrogens is 1. The Balaban J connectivity index is 1.51. The molecule has 0 atom stereocenters. The number of aryl methyl sites for hydroxylation is 1. The molecule has 118 valence electrons. The van der Waals surface area contributed by atoms with Crippen LogP contribution in [-0.4, -0.2) is 15.8 Å². The van der Waals surface area contributed by atoms with Crippen LogP contribution >= 0.6 is 11.8 Å². The fraction of sp³-hybridized carbons (Fsp3) is 0.421. The highest BCUT2D eigenvalue weighted by Crippen LogP contribution is 2.21. The molecule has 22 heavy (non-hydrogen) atoms. The van der Waals surface area contributed by atoms with Gasteiger partial charge >= 0.3 is 0 Å². The highest BCUT2D eigenvalue weighted by Gasteiger charge is 2.02. The third kappa shape index (κ3) is 6.20. The molecule has 0 aliphatic heterocycles. The minimum absolute atomic E-state index is 0.0790. The van der Waals surface area contributed by atoms with Crippen LogP contribution in [0, 0.1) is 0 Å². The van der Waals surface area contributed by atoms with E-state index < -0.39 is 0 Å². The van der Waals surface area contributed by atoms with E-state index in [0.717, 1.165) is 16.3 Å². The predicted molar refractivity (Wildman–Crippen MR) is 94.1 cm³/mol. The molecule has 0 saturated carbocycles. The second-order valence-electron chi connectivity index (χ2n) is 5.48. The van der Waals surface area contributed by atoms with Gasteiger partial charge in [0.2, 0.25) is 0 Å². The van der Waals surface area contributed by atoms with Crippen molar-refractivity contribution in [1.29, 1.82) is 0 Å². The van der Waals surface area contributed by atoms with Crippen molar-refractivity contribution in [3.8, 4) is 0 Å². The molecule has 1 aromatic carbocycles. The van der Waals surface area contributed by atoms with E-state index in [-0.39, 0.29) is 6.61 Å². The van der Waals surface area contributed by atoms with Crippen molar-refractivity contribution in [2.75, 3.05) is 5.75 Å². The summed E-state index contributed by atoms with van der Waals surface area (Å²) in [6.45, 7) is 0.0790. The van der Waals surface area contributed by atoms with Crippen LogP contribution in [0.15, 0.2) is 53.7 Å². The number of nitrogens with zero attached hydrogens (tertiary/aromatic N) is 1. The molecule has 0 amide bonds. The first-order chi connectivity index (χ1) is 10.9. The smallest absolute Gasteiger partial charge is 0.101 e. The average Bonchev–Trinajstić information content (AvgIpc) is 2.58. The Morgan fingerprint density at radius 3 is 2.45 bits per heavy atom. The molecule has 2 aromatic rings. The maximum Gasteiger partial charge on any atom is 0.101 e. The van der Waals surface area contributed by atoms with Crippen LogP contribution in [0.4, 0.5) is 0 Å². The molecule has 1 N–H and O–H groups in total. The van der Waals surface area contributed by atoms with Gasteiger partial charge in [-0.3, -0.25) is 0 Å². The first kappa shape index (κ1) is 17.0. The molecule has 2 nitrogen and oxygen atoms in total. The maximum absolute atomic E-state index is 9.26. The van der Waals surface area contributed by atoms with Gasteiger partial charge in [0.15, 0.2) is 0 Å². The number of hydrogen-bond donors (Lipinski definition) is 1. The van der Waals surface area contributed by atoms with Gasteiger partial charge in [-0.2, -0.15) is 0 Å². The van der Waals surface area contributed by atoms with Crippen LogP contribution in [-0.2, 0) is 13.0 Å². The van der Waals surface area contributed by atoms with Crippen LogP contribution < -0.4 is 0 Å². The molecule has 0 unspecified atom stereocenters. The maximum atomic E-state index is 9.26. The zero-order valence-corrected chi connectivity index (χ0v) is 13.9. The lowest BCUT2D eigenvalue weighted by Gasteiger charge is -2.05. The number of aliphatic hydroxyl groups excluding tert-OH is 1. The highest BCUT2D eigenvalue weighted by atomic mass is 32.2. The summed E-state index contributed by atoms with van der Waals surface area (Å²) in [5, 5.41) is 10.2. The summed E-state index contributed by atoms with van der Waals surface area (Å²) in [5.41, 5.74) is 2.39. The van der Waals surface area contributed by atoms with Crippen molar-refractivity contribution in [2.45, 2.75) is 50.2 Å². The van der Waals surface area contributed by atoms with Gasteiger partial charge in [-0.15, -0.1) is 11.8 Å². The van der Waals surface area contributed by atoms with Gasteiger partial charge in [-0.1, -0.05) is 55.7 Å². The number of hydrogen-bond acceptors (Lipinski definition) is 3. The molecule has 0 aliphatic carbocycles. The van der Waals surface area contributed by atoms with E-state index in [4.69, 9.17) is 0 Å². The van der Waals surface area contributed by atoms with Crippen LogP contribution in [0.2, 0.25) is 0 Å². The van der Waals surface area contributed by atoms with Gasteiger partial charge in [-0.25, -0.2) is 4.98 Å². The number of thioether (sulfide) groups is 1. The Morgan fingerprint density at radius 1 is 0.864 bits per heavy atom. The van der Waals surface area contributed by atoms with E-state index in [1.807, 2.05) is 12.1 Å². The number of pyridine rings is 1. The topological polar surface area (TPSA) is 33.1 Å². The zero-order valence-electron chi connectivity index (χ0n) is 13.1. The molecule has 1 aromatic heterocycles. The van der Waals surface area contributed by atoms with Crippen molar-refractivity contribution in [3.63, 3.8) is 0 Å². The largest absolute Gasteiger partial charge is 0.392 e. The lowest BCUT2D eigenvalue weighted by Crippen LogP contribution is -1.92. The van der Waals surface area contributed by atoms with Gasteiger partial charge in [-0.05, 0) is 36.6 Å². The summed E-state index contributed by atoms with van der Waals surface area (Å²) in [6, 6.07) is 14.5. The summed E-state index contributed by atoms with van der Waals surface area (Å²) < 4.78 is 0. The Morgan fingerprint density at radius 2 is 1.64 bits per heavy atom. The summed E-state index contributed by atoms with van der Waals surface area (Å²) in [7, 11) is 0. The van der Waals surface area contributed by atoms with Crippen LogP contribution in [0.3, 0.4) is 0 Å². The monoisotopic (exact) mass is 315 g/mol. The number of benzene rings is 1. The highest BCUT2D eigenvalue weighted by molar-refractivity contribution is 7.99. The first-order valence-electron chi connectivity index (χ1n) is 8.11. The Bertz CT molecular complexity index is 530. The van der Waals surface area contributed by atoms with E-state index in [1.54, 1.807) is 18.0 Å². The Kier molecular flexibility index (Phi) is 8.07. The second-order valence-corrected chi connectivity index (χ2v) is 6.56. The fourth-order valence-corrected chi connectivity index (χ4v) is 3.44. The molecule has 0 spiro atoms. The van der Waals surface area contributed by atoms with Gasteiger partial charge in [0.05, 0.1) is 6.61 Å². The van der Waals surface area contributed by atoms with Gasteiger partial charge in [0.25, 0.3) is 0 Å². The molecule has 0 saturated heterocycles. The first-order valence-corrected chi connectivity index (χ1v) is 9.10. The van der Waals surface area contributed by atoms with Crippen molar-refractivity contribution in [1.82, 2.24) is 4.98 Å². The van der Waals surface area contributed by atoms with E-state index in [0.29, 0.717) is 0 Å². The normalized spacial score (nSPS) is 10.8. The zero-order chi connectivity index (χ0) is 15.5. The molecular weight excluding hydrogens is 290 g/mol. The summed E-state index contributed by atoms with van der Waals surface area (Å²) >= 11 is 1.76. The molecule has 0 fully saturated rings. The van der Waals surface area contributed by atoms with Gasteiger partial charge in [0.1, 0.15) is 5.03 Å². The fourth-order valence-electron chi connectivity index (χ4n) is 2.45. The summed E-state index contributed by atoms with van der Waals surface area (Å²) in [5.74, 6) is 1.09. The second kappa shape index (κ2) is 10.4. The molecule has 1 heterocycles. The Labute approximate surface area is 138 Å². The van der Waals surface area contributed by atoms with Crippen molar-refractivity contribution >= 4 is 11.8 Å². The molecule has 0 aliphatic rings. The molecule has 2 rings (SSSR count). The van der Waals surface area contributed by atoms with Crippen LogP contribution in [0.25, 0.3) is 0 Å². The summed E-state index contributed by atoms with van der Waals surface area (Å²) in [4.78, 5) is 4.33. The lowest BCUT2D eigenvalue weighted by molar-refractivity contribution is 0.278. The van der Waals surface area contributed by atoms with E-state index >= 15 is 0 Å². The van der Waals surface area contributed by atoms with E-state index in [2.05, 4.69) is 35.3 Å². The third-order valence-electron chi connectivity index (χ3n) is 3.71. The summed E-state index contributed by atoms with van der Waals surface area (Å²) in [6.07, 6.45) is 9.40. The molecule has 0 radical (unpaired) electrons. The number of unbranched alkanes of at least 4 members (excludes halogenated alkanes) is 4. The third-order valence-corrected chi connectivity index (χ3v) is 4.85. The number of aliphatic hydroxyl groups is 1. The predicted octanol–water partition coefficient (Wildman–Crippen LogP) is 4.86. The van der Waals surface area contributed by atoms with Crippen LogP contribution in [0.1, 0.15) is 43.2 Å². The lowest BCUT2D eigenvalue weighted by atomic mass is 10.1. The standard InChI is InChI=1S/C19H25NOS/c21-16-18-13-9-14-20-19(18)22-15-8-3-1-2-5-10-17-11-6-4-7-12-17/h4,6-7,9,11-14,21H,1-3,5,8,10,15-16H2. The molecule has 0 bridgehead atoms. The van der Waals surface area contributed by atoms with Crippen molar-refractivity contribution in [3.05, 3.63) is 59.8 Å². The van der Waals surface area contributed by atoms with E-state index in [1.165, 1.54) is 44.1 Å².